The topological polar surface area (TPSA) is 64.6 Å². The first-order chi connectivity index (χ1) is 28.1. The fourth-order valence-corrected chi connectivity index (χ4v) is 7.49. The minimum atomic E-state index is -0.807. The highest BCUT2D eigenvalue weighted by Gasteiger charge is 2.31. The predicted molar refractivity (Wildman–Crippen MR) is 242 cm³/mol. The van der Waals surface area contributed by atoms with E-state index in [9.17, 15) is 0 Å². The van der Waals surface area contributed by atoms with Crippen LogP contribution in [0.5, 0.6) is 0 Å². The van der Waals surface area contributed by atoms with E-state index >= 15 is 0 Å². The molecule has 57 heavy (non-hydrogen) atoms. The molecule has 0 aliphatic rings. The zero-order valence-electron chi connectivity index (χ0n) is 39.5. The van der Waals surface area contributed by atoms with Gasteiger partial charge in [0.2, 0.25) is 12.6 Å². The third-order valence-corrected chi connectivity index (χ3v) is 11.2. The maximum Gasteiger partial charge on any atom is 0.223 e. The van der Waals surface area contributed by atoms with Crippen LogP contribution < -0.4 is 0 Å². The predicted octanol–water partition coefficient (Wildman–Crippen LogP) is 16.0. The molecular formula is C50H98O7. The van der Waals surface area contributed by atoms with Crippen molar-refractivity contribution < 1.29 is 33.2 Å². The zero-order chi connectivity index (χ0) is 41.9. The quantitative estimate of drug-likeness (QED) is 0.0345. The van der Waals surface area contributed by atoms with Gasteiger partial charge in [-0.15, -0.1) is 0 Å². The number of methoxy groups -OCH3 is 4. The molecule has 0 radical (unpaired) electrons. The van der Waals surface area contributed by atoms with Crippen LogP contribution in [0, 0.1) is 0 Å². The molecule has 0 N–H and O–H groups in total. The summed E-state index contributed by atoms with van der Waals surface area (Å²) < 4.78 is 44.3. The van der Waals surface area contributed by atoms with Gasteiger partial charge in [-0.2, -0.15) is 0 Å². The monoisotopic (exact) mass is 811 g/mol. The molecule has 7 heteroatoms. The Morgan fingerprint density at radius 3 is 0.789 bits per heavy atom. The number of ether oxygens (including phenoxy) is 7. The van der Waals surface area contributed by atoms with Gasteiger partial charge >= 0.3 is 0 Å². The lowest BCUT2D eigenvalue weighted by atomic mass is 10.1. The normalized spacial score (nSPS) is 13.6. The zero-order valence-corrected chi connectivity index (χ0v) is 39.5. The Labute approximate surface area is 355 Å². The lowest BCUT2D eigenvalue weighted by Crippen LogP contribution is -2.33. The van der Waals surface area contributed by atoms with Crippen LogP contribution in [-0.4, -0.2) is 54.2 Å². The summed E-state index contributed by atoms with van der Waals surface area (Å²) in [4.78, 5) is 0. The Bertz CT molecular complexity index is 818. The van der Waals surface area contributed by atoms with Gasteiger partial charge in [0, 0.05) is 12.8 Å². The van der Waals surface area contributed by atoms with Crippen LogP contribution in [0.25, 0.3) is 0 Å². The van der Waals surface area contributed by atoms with Gasteiger partial charge in [-0.25, -0.2) is 0 Å². The minimum Gasteiger partial charge on any atom is -0.497 e. The molecule has 0 aromatic carbocycles. The Morgan fingerprint density at radius 2 is 0.544 bits per heavy atom. The molecule has 0 bridgehead atoms. The van der Waals surface area contributed by atoms with Crippen molar-refractivity contribution in [3.8, 4) is 0 Å². The Hall–Kier alpha value is -1.44. The molecule has 0 heterocycles. The Kier molecular flexibility index (Phi) is 43.0. The van der Waals surface area contributed by atoms with Crippen LogP contribution in [0.1, 0.15) is 246 Å². The van der Waals surface area contributed by atoms with Crippen LogP contribution in [-0.2, 0) is 33.2 Å². The smallest absolute Gasteiger partial charge is 0.223 e. The van der Waals surface area contributed by atoms with Gasteiger partial charge in [0.25, 0.3) is 0 Å². The van der Waals surface area contributed by atoms with Gasteiger partial charge in [-0.3, -0.25) is 0 Å². The van der Waals surface area contributed by atoms with E-state index in [1.807, 2.05) is 0 Å². The van der Waals surface area contributed by atoms with Gasteiger partial charge in [-0.05, 0) is 25.7 Å². The fourth-order valence-electron chi connectivity index (χ4n) is 7.49. The van der Waals surface area contributed by atoms with Crippen molar-refractivity contribution in [2.75, 3.05) is 41.7 Å². The molecule has 0 aliphatic heterocycles. The van der Waals surface area contributed by atoms with Crippen molar-refractivity contribution in [1.82, 2.24) is 0 Å². The molecule has 340 valence electrons. The third kappa shape index (κ3) is 32.1. The lowest BCUT2D eigenvalue weighted by molar-refractivity contribution is -0.240. The molecule has 0 spiro atoms. The number of allylic oxidation sites excluding steroid dienone is 2. The van der Waals surface area contributed by atoms with E-state index in [1.54, 1.807) is 28.4 Å². The molecule has 0 saturated carbocycles. The first kappa shape index (κ1) is 55.6. The number of rotatable bonds is 46. The van der Waals surface area contributed by atoms with Gasteiger partial charge in [-0.1, -0.05) is 207 Å². The largest absolute Gasteiger partial charge is 0.497 e. The van der Waals surface area contributed by atoms with Gasteiger partial charge in [0.1, 0.15) is 11.5 Å². The summed E-state index contributed by atoms with van der Waals surface area (Å²) in [5.41, 5.74) is 0. The molecule has 0 aromatic rings. The Balaban J connectivity index is 6.10. The second kappa shape index (κ2) is 44.1. The van der Waals surface area contributed by atoms with Crippen molar-refractivity contribution in [2.24, 2.45) is 0 Å². The van der Waals surface area contributed by atoms with Crippen LogP contribution in [0.15, 0.2) is 23.0 Å². The van der Waals surface area contributed by atoms with E-state index in [2.05, 4.69) is 27.7 Å². The summed E-state index contributed by atoms with van der Waals surface area (Å²) in [7, 11) is 6.87. The van der Waals surface area contributed by atoms with Crippen molar-refractivity contribution in [1.29, 1.82) is 0 Å². The number of hydrogen-bond acceptors (Lipinski definition) is 7. The van der Waals surface area contributed by atoms with Gasteiger partial charge < -0.3 is 33.2 Å². The average molecular weight is 811 g/mol. The third-order valence-electron chi connectivity index (χ3n) is 11.2. The molecule has 7 nitrogen and oxygen atoms in total. The van der Waals surface area contributed by atoms with E-state index in [0.29, 0.717) is 24.7 Å². The molecular weight excluding hydrogens is 713 g/mol. The summed E-state index contributed by atoms with van der Waals surface area (Å²) in [5.74, 6) is 2.72. The van der Waals surface area contributed by atoms with Crippen molar-refractivity contribution in [2.45, 2.75) is 259 Å². The summed E-state index contributed by atoms with van der Waals surface area (Å²) >= 11 is 0. The van der Waals surface area contributed by atoms with E-state index in [4.69, 9.17) is 33.2 Å². The van der Waals surface area contributed by atoms with Crippen LogP contribution in [0.2, 0.25) is 0 Å². The van der Waals surface area contributed by atoms with Crippen LogP contribution >= 0.6 is 0 Å². The lowest BCUT2D eigenvalue weighted by Gasteiger charge is -2.29. The molecule has 0 aromatic heterocycles. The summed E-state index contributed by atoms with van der Waals surface area (Å²) in [6.07, 6.45) is 39.7. The molecule has 2 atom stereocenters. The standard InChI is InChI=1S/C50H98O7/c1-9-13-17-21-25-29-33-37-41-45(51-5)47(53-7)49(55-43-39-35-31-27-23-19-15-11-3)57-50(56-44-40-36-32-28-24-20-16-12-4)48(54-8)46(52-6)42-38-34-30-26-22-18-14-10-2/h49-50H,9-44H2,1-8H3. The van der Waals surface area contributed by atoms with Crippen molar-refractivity contribution in [3.63, 3.8) is 0 Å². The second-order valence-electron chi connectivity index (χ2n) is 16.3. The SMILES string of the molecule is CCCCCCCCCCOC(OC(OCCCCCCCCCC)C(OC)=C(CCCCCCCCCC)OC)C(OC)=C(CCCCCCCCCC)OC. The summed E-state index contributed by atoms with van der Waals surface area (Å²) in [6.45, 7) is 10.2. The fraction of sp³-hybridized carbons (Fsp3) is 0.920. The number of hydrogen-bond donors (Lipinski definition) is 0. The van der Waals surface area contributed by atoms with Crippen molar-refractivity contribution in [3.05, 3.63) is 23.0 Å². The highest BCUT2D eigenvalue weighted by molar-refractivity contribution is 5.08. The highest BCUT2D eigenvalue weighted by Crippen LogP contribution is 2.28. The summed E-state index contributed by atoms with van der Waals surface area (Å²) in [6, 6.07) is 0. The molecule has 0 aliphatic carbocycles. The van der Waals surface area contributed by atoms with Crippen LogP contribution in [0.3, 0.4) is 0 Å². The Morgan fingerprint density at radius 1 is 0.298 bits per heavy atom. The first-order valence-electron chi connectivity index (χ1n) is 24.6. The van der Waals surface area contributed by atoms with E-state index in [1.165, 1.54) is 154 Å². The van der Waals surface area contributed by atoms with Gasteiger partial charge in [0.15, 0.2) is 11.5 Å². The molecule has 0 rings (SSSR count). The maximum atomic E-state index is 6.86. The van der Waals surface area contributed by atoms with Crippen molar-refractivity contribution >= 4 is 0 Å². The molecule has 2 unspecified atom stereocenters. The van der Waals surface area contributed by atoms with E-state index < -0.39 is 12.6 Å². The minimum absolute atomic E-state index is 0.563. The number of unbranched alkanes of at least 4 members (excludes halogenated alkanes) is 28. The summed E-state index contributed by atoms with van der Waals surface area (Å²) in [5, 5.41) is 0. The molecule has 0 fully saturated rings. The van der Waals surface area contributed by atoms with Gasteiger partial charge in [0.05, 0.1) is 41.7 Å². The molecule has 0 amide bonds. The highest BCUT2D eigenvalue weighted by atomic mass is 16.8. The maximum absolute atomic E-state index is 6.86. The second-order valence-corrected chi connectivity index (χ2v) is 16.3. The van der Waals surface area contributed by atoms with Crippen LogP contribution in [0.4, 0.5) is 0 Å². The first-order valence-corrected chi connectivity index (χ1v) is 24.6. The average Bonchev–Trinajstić information content (AvgIpc) is 3.22. The van der Waals surface area contributed by atoms with E-state index in [0.717, 1.165) is 75.7 Å². The van der Waals surface area contributed by atoms with E-state index in [-0.39, 0.29) is 0 Å². The molecule has 0 saturated heterocycles.